The van der Waals surface area contributed by atoms with E-state index < -0.39 is 26.7 Å². The first-order chi connectivity index (χ1) is 12.9. The quantitative estimate of drug-likeness (QED) is 0.862. The first-order valence-corrected chi connectivity index (χ1v) is 11.3. The van der Waals surface area contributed by atoms with E-state index in [2.05, 4.69) is 53.8 Å². The van der Waals surface area contributed by atoms with E-state index in [1.54, 1.807) is 13.8 Å². The lowest BCUT2D eigenvalue weighted by Crippen LogP contribution is -2.41. The molecule has 4 nitrogen and oxygen atoms in total. The molecule has 1 atom stereocenters. The van der Waals surface area contributed by atoms with Crippen LogP contribution in [-0.4, -0.2) is 31.9 Å². The lowest BCUT2D eigenvalue weighted by molar-refractivity contribution is -0.118. The molecule has 0 spiro atoms. The summed E-state index contributed by atoms with van der Waals surface area (Å²) in [5.74, 6) is 0.0592. The number of carbonyl (C=O) groups is 1. The number of sulfone groups is 1. The Morgan fingerprint density at radius 1 is 1.00 bits per heavy atom. The van der Waals surface area contributed by atoms with Crippen LogP contribution in [0.5, 0.6) is 0 Å². The van der Waals surface area contributed by atoms with Crippen molar-refractivity contribution >= 4 is 15.7 Å². The SMILES string of the molecule is CC(C)S(=O)(=O)CC(=O)NCC1CC2c3ccccc3C1c1ccccc12. The Kier molecular flexibility index (Phi) is 4.58. The summed E-state index contributed by atoms with van der Waals surface area (Å²) in [4.78, 5) is 12.2. The van der Waals surface area contributed by atoms with E-state index in [-0.39, 0.29) is 11.8 Å². The van der Waals surface area contributed by atoms with Gasteiger partial charge in [-0.15, -0.1) is 0 Å². The Bertz CT molecular complexity index is 933. The Hall–Kier alpha value is -2.14. The second-order valence-electron chi connectivity index (χ2n) is 7.94. The third-order valence-corrected chi connectivity index (χ3v) is 8.14. The second kappa shape index (κ2) is 6.79. The summed E-state index contributed by atoms with van der Waals surface area (Å²) in [7, 11) is -3.37. The fraction of sp³-hybridized carbons (Fsp3) is 0.409. The molecule has 0 heterocycles. The van der Waals surface area contributed by atoms with Gasteiger partial charge < -0.3 is 5.32 Å². The molecule has 0 saturated heterocycles. The van der Waals surface area contributed by atoms with Crippen LogP contribution < -0.4 is 5.32 Å². The smallest absolute Gasteiger partial charge is 0.235 e. The maximum absolute atomic E-state index is 12.2. The van der Waals surface area contributed by atoms with Gasteiger partial charge in [0, 0.05) is 18.4 Å². The zero-order chi connectivity index (χ0) is 19.2. The Morgan fingerprint density at radius 2 is 1.52 bits per heavy atom. The molecule has 0 fully saturated rings. The van der Waals surface area contributed by atoms with Crippen molar-refractivity contribution in [3.8, 4) is 0 Å². The van der Waals surface area contributed by atoms with Crippen LogP contribution >= 0.6 is 0 Å². The van der Waals surface area contributed by atoms with E-state index in [0.29, 0.717) is 12.5 Å². The van der Waals surface area contributed by atoms with Crippen molar-refractivity contribution in [1.29, 1.82) is 0 Å². The molecule has 0 aromatic heterocycles. The van der Waals surface area contributed by atoms with Crippen LogP contribution in [0.25, 0.3) is 0 Å². The zero-order valence-electron chi connectivity index (χ0n) is 15.7. The Morgan fingerprint density at radius 3 is 2.04 bits per heavy atom. The van der Waals surface area contributed by atoms with E-state index in [1.165, 1.54) is 22.3 Å². The van der Waals surface area contributed by atoms with Crippen LogP contribution in [-0.2, 0) is 14.6 Å². The largest absolute Gasteiger partial charge is 0.355 e. The van der Waals surface area contributed by atoms with E-state index in [0.717, 1.165) is 6.42 Å². The molecule has 0 aliphatic heterocycles. The maximum Gasteiger partial charge on any atom is 0.235 e. The molecular formula is C22H25NO3S. The number of rotatable bonds is 5. The van der Waals surface area contributed by atoms with Gasteiger partial charge in [0.25, 0.3) is 0 Å². The summed E-state index contributed by atoms with van der Waals surface area (Å²) in [6, 6.07) is 17.2. The van der Waals surface area contributed by atoms with Crippen molar-refractivity contribution < 1.29 is 13.2 Å². The van der Waals surface area contributed by atoms with Crippen molar-refractivity contribution in [2.45, 2.75) is 37.4 Å². The molecule has 1 amide bonds. The molecule has 2 aromatic rings. The first kappa shape index (κ1) is 18.2. The summed E-state index contributed by atoms with van der Waals surface area (Å²) in [5, 5.41) is 2.36. The number of amides is 1. The summed E-state index contributed by atoms with van der Waals surface area (Å²) in [6.07, 6.45) is 0.982. The molecule has 2 aromatic carbocycles. The van der Waals surface area contributed by atoms with E-state index in [9.17, 15) is 13.2 Å². The molecule has 5 heteroatoms. The molecule has 142 valence electrons. The average Bonchev–Trinajstić information content (AvgIpc) is 2.66. The topological polar surface area (TPSA) is 63.2 Å². The summed E-state index contributed by atoms with van der Waals surface area (Å²) in [5.41, 5.74) is 5.49. The molecule has 2 bridgehead atoms. The van der Waals surface area contributed by atoms with E-state index in [1.807, 2.05) is 0 Å². The molecule has 1 N–H and O–H groups in total. The van der Waals surface area contributed by atoms with Gasteiger partial charge in [-0.05, 0) is 48.4 Å². The molecule has 1 unspecified atom stereocenters. The molecule has 3 aliphatic rings. The molecule has 0 saturated carbocycles. The van der Waals surface area contributed by atoms with Crippen LogP contribution in [0.3, 0.4) is 0 Å². The highest BCUT2D eigenvalue weighted by Gasteiger charge is 2.42. The zero-order valence-corrected chi connectivity index (χ0v) is 16.5. The molecule has 5 rings (SSSR count). The van der Waals surface area contributed by atoms with Crippen LogP contribution in [0, 0.1) is 5.92 Å². The van der Waals surface area contributed by atoms with Gasteiger partial charge in [-0.1, -0.05) is 48.5 Å². The molecule has 27 heavy (non-hydrogen) atoms. The first-order valence-electron chi connectivity index (χ1n) is 9.54. The van der Waals surface area contributed by atoms with Crippen molar-refractivity contribution in [3.05, 3.63) is 70.8 Å². The maximum atomic E-state index is 12.2. The molecular weight excluding hydrogens is 358 g/mol. The predicted molar refractivity (Wildman–Crippen MR) is 107 cm³/mol. The monoisotopic (exact) mass is 383 g/mol. The second-order valence-corrected chi connectivity index (χ2v) is 10.5. The number of nitrogens with one attached hydrogen (secondary N) is 1. The fourth-order valence-corrected chi connectivity index (χ4v) is 5.41. The average molecular weight is 384 g/mol. The summed E-state index contributed by atoms with van der Waals surface area (Å²) < 4.78 is 24.0. The van der Waals surface area contributed by atoms with E-state index >= 15 is 0 Å². The highest BCUT2D eigenvalue weighted by molar-refractivity contribution is 7.92. The lowest BCUT2D eigenvalue weighted by Gasteiger charge is -2.45. The Labute approximate surface area is 160 Å². The van der Waals surface area contributed by atoms with Crippen molar-refractivity contribution in [3.63, 3.8) is 0 Å². The minimum atomic E-state index is -3.37. The normalized spacial score (nSPS) is 23.0. The number of hydrogen-bond donors (Lipinski definition) is 1. The van der Waals surface area contributed by atoms with Gasteiger partial charge in [0.2, 0.25) is 5.91 Å². The number of carbonyl (C=O) groups excluding carboxylic acids is 1. The molecule has 0 radical (unpaired) electrons. The van der Waals surface area contributed by atoms with Crippen LogP contribution in [0.2, 0.25) is 0 Å². The predicted octanol–water partition coefficient (Wildman–Crippen LogP) is 3.22. The van der Waals surface area contributed by atoms with E-state index in [4.69, 9.17) is 0 Å². The van der Waals surface area contributed by atoms with Gasteiger partial charge in [0.1, 0.15) is 5.75 Å². The van der Waals surface area contributed by atoms with Crippen LogP contribution in [0.15, 0.2) is 48.5 Å². The number of hydrogen-bond acceptors (Lipinski definition) is 3. The van der Waals surface area contributed by atoms with Crippen molar-refractivity contribution in [2.75, 3.05) is 12.3 Å². The minimum Gasteiger partial charge on any atom is -0.355 e. The summed E-state index contributed by atoms with van der Waals surface area (Å²) in [6.45, 7) is 3.73. The highest BCUT2D eigenvalue weighted by atomic mass is 32.2. The van der Waals surface area contributed by atoms with Gasteiger partial charge in [-0.25, -0.2) is 8.42 Å². The van der Waals surface area contributed by atoms with Gasteiger partial charge in [0.05, 0.1) is 5.25 Å². The van der Waals surface area contributed by atoms with Gasteiger partial charge >= 0.3 is 0 Å². The number of benzene rings is 2. The fourth-order valence-electron chi connectivity index (χ4n) is 4.61. The van der Waals surface area contributed by atoms with Gasteiger partial charge in [-0.2, -0.15) is 0 Å². The van der Waals surface area contributed by atoms with Gasteiger partial charge in [0.15, 0.2) is 9.84 Å². The number of fused-ring (bicyclic) bond motifs is 1. The Balaban J connectivity index is 1.56. The third-order valence-electron chi connectivity index (χ3n) is 6.03. The minimum absolute atomic E-state index is 0.254. The van der Waals surface area contributed by atoms with Crippen LogP contribution in [0.4, 0.5) is 0 Å². The van der Waals surface area contributed by atoms with Crippen molar-refractivity contribution in [1.82, 2.24) is 5.32 Å². The van der Waals surface area contributed by atoms with Crippen LogP contribution in [0.1, 0.15) is 54.4 Å². The lowest BCUT2D eigenvalue weighted by atomic mass is 9.59. The van der Waals surface area contributed by atoms with Gasteiger partial charge in [-0.3, -0.25) is 4.79 Å². The third kappa shape index (κ3) is 3.18. The highest BCUT2D eigenvalue weighted by Crippen LogP contribution is 2.55. The van der Waals surface area contributed by atoms with Crippen molar-refractivity contribution in [2.24, 2.45) is 5.92 Å². The molecule has 3 aliphatic carbocycles. The summed E-state index contributed by atoms with van der Waals surface area (Å²) >= 11 is 0. The standard InChI is InChI=1S/C22H25NO3S/c1-14(2)27(25,26)13-21(24)23-12-15-11-20-16-7-3-5-9-18(16)22(15)19-10-6-4-8-17(19)20/h3-10,14-15,20,22H,11-13H2,1-2H3,(H,23,24).